The minimum absolute atomic E-state index is 0.0146. The molecule has 1 atom stereocenters. The van der Waals surface area contributed by atoms with Crippen LogP contribution in [0, 0.1) is 0 Å². The molecule has 0 fully saturated rings. The lowest BCUT2D eigenvalue weighted by Crippen LogP contribution is -2.36. The molecule has 2 rings (SSSR count). The number of methoxy groups -OCH3 is 1. The topological polar surface area (TPSA) is 109 Å². The van der Waals surface area contributed by atoms with Gasteiger partial charge in [0.2, 0.25) is 11.8 Å². The zero-order valence-electron chi connectivity index (χ0n) is 15.2. The first-order valence-electron chi connectivity index (χ1n) is 8.30. The van der Waals surface area contributed by atoms with Crippen molar-refractivity contribution in [2.45, 2.75) is 19.4 Å². The number of rotatable bonds is 10. The Labute approximate surface area is 151 Å². The summed E-state index contributed by atoms with van der Waals surface area (Å²) in [6.07, 6.45) is 0. The van der Waals surface area contributed by atoms with Crippen LogP contribution < -0.4 is 4.74 Å². The van der Waals surface area contributed by atoms with E-state index >= 15 is 0 Å². The second kappa shape index (κ2) is 9.35. The number of aliphatic imine (C=N–C) groups is 1. The fraction of sp³-hybridized carbons (Fsp3) is 0.588. The summed E-state index contributed by atoms with van der Waals surface area (Å²) >= 11 is 0. The van der Waals surface area contributed by atoms with Crippen LogP contribution in [-0.2, 0) is 23.7 Å². The van der Waals surface area contributed by atoms with Gasteiger partial charge in [-0.2, -0.15) is 0 Å². The van der Waals surface area contributed by atoms with Crippen LogP contribution in [0.1, 0.15) is 19.5 Å². The highest BCUT2D eigenvalue weighted by Crippen LogP contribution is 2.27. The quantitative estimate of drug-likeness (QED) is 0.480. The maximum absolute atomic E-state index is 12.0. The van der Waals surface area contributed by atoms with Gasteiger partial charge < -0.3 is 28.8 Å². The fourth-order valence-electron chi connectivity index (χ4n) is 2.13. The predicted molar refractivity (Wildman–Crippen MR) is 91.6 cm³/mol. The van der Waals surface area contributed by atoms with Gasteiger partial charge in [-0.1, -0.05) is 0 Å². The maximum Gasteiger partial charge on any atom is 0.337 e. The monoisotopic (exact) mass is 368 g/mol. The lowest BCUT2D eigenvalue weighted by molar-refractivity contribution is -0.149. The van der Waals surface area contributed by atoms with Gasteiger partial charge >= 0.3 is 5.97 Å². The Hall–Kier alpha value is -2.39. The first-order valence-corrected chi connectivity index (χ1v) is 8.30. The van der Waals surface area contributed by atoms with Gasteiger partial charge in [-0.15, -0.1) is 0 Å². The zero-order chi connectivity index (χ0) is 19.0. The van der Waals surface area contributed by atoms with Crippen LogP contribution in [0.25, 0.3) is 0 Å². The van der Waals surface area contributed by atoms with E-state index in [0.29, 0.717) is 19.8 Å². The second-order valence-corrected chi connectivity index (χ2v) is 5.67. The van der Waals surface area contributed by atoms with Crippen molar-refractivity contribution in [2.75, 3.05) is 46.8 Å². The Morgan fingerprint density at radius 3 is 2.81 bits per heavy atom. The van der Waals surface area contributed by atoms with Gasteiger partial charge in [-0.05, 0) is 19.9 Å². The number of pyridine rings is 1. The van der Waals surface area contributed by atoms with Crippen LogP contribution in [0.4, 0.5) is 0 Å². The Bertz CT molecular complexity index is 650. The summed E-state index contributed by atoms with van der Waals surface area (Å²) in [4.78, 5) is 20.4. The van der Waals surface area contributed by atoms with E-state index in [9.17, 15) is 9.90 Å². The van der Waals surface area contributed by atoms with E-state index in [2.05, 4.69) is 9.98 Å². The van der Waals surface area contributed by atoms with Crippen molar-refractivity contribution in [3.63, 3.8) is 0 Å². The number of ether oxygens (including phenoxy) is 5. The Balaban J connectivity index is 2.02. The van der Waals surface area contributed by atoms with E-state index in [-0.39, 0.29) is 43.0 Å². The molecule has 0 unspecified atom stereocenters. The minimum atomic E-state index is -1.16. The van der Waals surface area contributed by atoms with E-state index in [4.69, 9.17) is 23.7 Å². The molecule has 1 aliphatic heterocycles. The zero-order valence-corrected chi connectivity index (χ0v) is 15.2. The molecule has 0 saturated heterocycles. The first-order chi connectivity index (χ1) is 12.5. The number of nitrogens with zero attached hydrogens (tertiary/aromatic N) is 2. The SMILES string of the molecule is CCOC(=O)[C@@]1(C)COC(c2nc(OCCOCCOC)ccc2O)=N1. The van der Waals surface area contributed by atoms with Gasteiger partial charge in [-0.3, -0.25) is 0 Å². The van der Waals surface area contributed by atoms with Gasteiger partial charge in [0, 0.05) is 13.2 Å². The number of aromatic nitrogens is 1. The van der Waals surface area contributed by atoms with Gasteiger partial charge in [0.05, 0.1) is 26.4 Å². The summed E-state index contributed by atoms with van der Waals surface area (Å²) in [5, 5.41) is 10.0. The molecule has 0 spiro atoms. The molecule has 0 amide bonds. The van der Waals surface area contributed by atoms with Crippen LogP contribution in [-0.4, -0.2) is 74.2 Å². The average molecular weight is 368 g/mol. The summed E-state index contributed by atoms with van der Waals surface area (Å²) in [5.41, 5.74) is -1.05. The van der Waals surface area contributed by atoms with E-state index < -0.39 is 11.5 Å². The van der Waals surface area contributed by atoms with E-state index in [0.717, 1.165) is 0 Å². The number of aromatic hydroxyl groups is 1. The number of hydrogen-bond donors (Lipinski definition) is 1. The third kappa shape index (κ3) is 5.06. The van der Waals surface area contributed by atoms with Gasteiger partial charge in [0.25, 0.3) is 0 Å². The van der Waals surface area contributed by atoms with E-state index in [1.807, 2.05) is 0 Å². The molecule has 26 heavy (non-hydrogen) atoms. The van der Waals surface area contributed by atoms with E-state index in [1.54, 1.807) is 21.0 Å². The van der Waals surface area contributed by atoms with E-state index in [1.165, 1.54) is 12.1 Å². The maximum atomic E-state index is 12.0. The molecule has 144 valence electrons. The van der Waals surface area contributed by atoms with Crippen molar-refractivity contribution in [2.24, 2.45) is 4.99 Å². The normalized spacial score (nSPS) is 19.0. The third-order valence-corrected chi connectivity index (χ3v) is 3.51. The van der Waals surface area contributed by atoms with Crippen molar-refractivity contribution >= 4 is 11.9 Å². The molecular formula is C17H24N2O7. The van der Waals surface area contributed by atoms with Crippen molar-refractivity contribution in [1.82, 2.24) is 4.98 Å². The molecule has 9 nitrogen and oxygen atoms in total. The summed E-state index contributed by atoms with van der Waals surface area (Å²) in [7, 11) is 1.60. The average Bonchev–Trinajstić information content (AvgIpc) is 3.03. The molecule has 1 N–H and O–H groups in total. The second-order valence-electron chi connectivity index (χ2n) is 5.67. The molecule has 1 aromatic heterocycles. The smallest absolute Gasteiger partial charge is 0.337 e. The minimum Gasteiger partial charge on any atom is -0.505 e. The standard InChI is InChI=1S/C17H24N2O7/c1-4-24-16(21)17(2)11-26-15(19-17)14-12(20)5-6-13(18-14)25-10-9-23-8-7-22-3/h5-6,20H,4,7-11H2,1-3H3/t17-/m1/s1. The summed E-state index contributed by atoms with van der Waals surface area (Å²) in [6, 6.07) is 2.95. The van der Waals surface area contributed by atoms with Gasteiger partial charge in [0.15, 0.2) is 11.2 Å². The Morgan fingerprint density at radius 1 is 1.31 bits per heavy atom. The molecular weight excluding hydrogens is 344 g/mol. The van der Waals surface area contributed by atoms with Crippen LogP contribution in [0.5, 0.6) is 11.6 Å². The lowest BCUT2D eigenvalue weighted by Gasteiger charge is -2.15. The molecule has 0 aliphatic carbocycles. The fourth-order valence-corrected chi connectivity index (χ4v) is 2.13. The highest BCUT2D eigenvalue weighted by molar-refractivity contribution is 5.99. The van der Waals surface area contributed by atoms with Crippen LogP contribution in [0.2, 0.25) is 0 Å². The first kappa shape index (κ1) is 19.9. The van der Waals surface area contributed by atoms with Gasteiger partial charge in [0.1, 0.15) is 19.0 Å². The number of esters is 1. The summed E-state index contributed by atoms with van der Waals surface area (Å²) < 4.78 is 26.1. The third-order valence-electron chi connectivity index (χ3n) is 3.51. The molecule has 9 heteroatoms. The van der Waals surface area contributed by atoms with Crippen molar-refractivity contribution < 1.29 is 33.6 Å². The molecule has 0 saturated carbocycles. The Morgan fingerprint density at radius 2 is 2.08 bits per heavy atom. The van der Waals surface area contributed by atoms with Crippen LogP contribution in [0.15, 0.2) is 17.1 Å². The highest BCUT2D eigenvalue weighted by atomic mass is 16.6. The van der Waals surface area contributed by atoms with Crippen molar-refractivity contribution in [1.29, 1.82) is 0 Å². The largest absolute Gasteiger partial charge is 0.505 e. The summed E-state index contributed by atoms with van der Waals surface area (Å²) in [6.45, 7) is 5.23. The molecule has 1 aromatic rings. The Kier molecular flexibility index (Phi) is 7.16. The molecule has 0 bridgehead atoms. The van der Waals surface area contributed by atoms with Crippen LogP contribution in [0.3, 0.4) is 0 Å². The predicted octanol–water partition coefficient (Wildman–Crippen LogP) is 0.928. The number of carbonyl (C=O) groups excluding carboxylic acids is 1. The highest BCUT2D eigenvalue weighted by Gasteiger charge is 2.42. The molecule has 1 aliphatic rings. The van der Waals surface area contributed by atoms with Crippen LogP contribution >= 0.6 is 0 Å². The molecule has 0 aromatic carbocycles. The van der Waals surface area contributed by atoms with Crippen molar-refractivity contribution in [3.05, 3.63) is 17.8 Å². The summed E-state index contributed by atoms with van der Waals surface area (Å²) in [5.74, 6) is -0.264. The van der Waals surface area contributed by atoms with Crippen molar-refractivity contribution in [3.8, 4) is 11.6 Å². The van der Waals surface area contributed by atoms with Gasteiger partial charge in [-0.25, -0.2) is 14.8 Å². The lowest BCUT2D eigenvalue weighted by atomic mass is 10.1. The number of carbonyl (C=O) groups is 1. The number of hydrogen-bond acceptors (Lipinski definition) is 9. The molecule has 0 radical (unpaired) electrons. The molecule has 2 heterocycles.